The molecule has 0 saturated carbocycles. The molecule has 6 atom stereocenters. The summed E-state index contributed by atoms with van der Waals surface area (Å²) in [6.45, 7) is 1.28. The largest absolute Gasteiger partial charge is 0.459 e. The number of hydrogen-bond donors (Lipinski definition) is 4. The van der Waals surface area contributed by atoms with E-state index < -0.39 is 43.3 Å². The van der Waals surface area contributed by atoms with Crippen LogP contribution in [0.5, 0.6) is 0 Å². The lowest BCUT2D eigenvalue weighted by atomic mass is 9.99. The summed E-state index contributed by atoms with van der Waals surface area (Å²) in [7, 11) is 0. The number of carbonyl (C=O) groups is 2. The fourth-order valence-electron chi connectivity index (χ4n) is 3.92. The van der Waals surface area contributed by atoms with Crippen LogP contribution in [0.4, 0.5) is 10.1 Å². The molecular formula is C23H24FNO8S. The number of aliphatic hydroxyl groups is 4. The average Bonchev–Trinajstić information content (AvgIpc) is 3.20. The smallest absolute Gasteiger partial charge is 0.338 e. The van der Waals surface area contributed by atoms with E-state index in [0.29, 0.717) is 11.3 Å². The molecule has 2 fully saturated rings. The van der Waals surface area contributed by atoms with Crippen LogP contribution in [0.2, 0.25) is 0 Å². The van der Waals surface area contributed by atoms with Crippen LogP contribution in [0.3, 0.4) is 0 Å². The highest BCUT2D eigenvalue weighted by Gasteiger charge is 2.43. The molecule has 0 aliphatic carbocycles. The maximum Gasteiger partial charge on any atom is 0.338 e. The third-order valence-corrected chi connectivity index (χ3v) is 6.99. The van der Waals surface area contributed by atoms with Crippen LogP contribution in [-0.2, 0) is 14.3 Å². The zero-order valence-corrected chi connectivity index (χ0v) is 18.9. The number of hydrogen-bond acceptors (Lipinski definition) is 9. The monoisotopic (exact) mass is 493 g/mol. The van der Waals surface area contributed by atoms with E-state index in [4.69, 9.17) is 9.47 Å². The first kappa shape index (κ1) is 24.6. The quantitative estimate of drug-likeness (QED) is 0.447. The Hall–Kier alpha value is -2.54. The Bertz CT molecular complexity index is 1070. The van der Waals surface area contributed by atoms with Gasteiger partial charge in [0.15, 0.2) is 6.29 Å². The van der Waals surface area contributed by atoms with Gasteiger partial charge in [-0.2, -0.15) is 0 Å². The molecule has 34 heavy (non-hydrogen) atoms. The Morgan fingerprint density at radius 2 is 1.82 bits per heavy atom. The second kappa shape index (κ2) is 9.98. The Balaban J connectivity index is 1.46. The number of amides is 1. The first-order valence-corrected chi connectivity index (χ1v) is 11.6. The van der Waals surface area contributed by atoms with E-state index >= 15 is 0 Å². The van der Waals surface area contributed by atoms with Crippen molar-refractivity contribution in [2.45, 2.75) is 43.0 Å². The number of anilines is 1. The van der Waals surface area contributed by atoms with Gasteiger partial charge in [-0.1, -0.05) is 12.1 Å². The molecule has 4 rings (SSSR count). The maximum atomic E-state index is 13.3. The predicted octanol–water partition coefficient (Wildman–Crippen LogP) is 0.869. The minimum Gasteiger partial charge on any atom is -0.459 e. The van der Waals surface area contributed by atoms with Gasteiger partial charge < -0.3 is 29.9 Å². The van der Waals surface area contributed by atoms with Crippen LogP contribution in [0, 0.1) is 12.7 Å². The number of nitrogens with zero attached hydrogens (tertiary/aromatic N) is 1. The van der Waals surface area contributed by atoms with E-state index in [9.17, 15) is 34.4 Å². The molecule has 2 aliphatic rings. The van der Waals surface area contributed by atoms with Crippen LogP contribution in [0.1, 0.15) is 26.9 Å². The SMILES string of the molecule is Cc1cc(C(=O)OC[C@H]2OC(O)[C@H](O)[C@@H](O)[C@@H]2O)ccc1N1C(=O)CSC1c1ccc(F)cc1. The number of benzene rings is 2. The van der Waals surface area contributed by atoms with Crippen LogP contribution >= 0.6 is 11.8 Å². The third kappa shape index (κ3) is 4.81. The average molecular weight is 494 g/mol. The van der Waals surface area contributed by atoms with Gasteiger partial charge in [0.25, 0.3) is 0 Å². The minimum absolute atomic E-state index is 0.111. The van der Waals surface area contributed by atoms with Gasteiger partial charge >= 0.3 is 5.97 Å². The Morgan fingerprint density at radius 1 is 1.12 bits per heavy atom. The van der Waals surface area contributed by atoms with Crippen molar-refractivity contribution >= 4 is 29.3 Å². The molecule has 182 valence electrons. The van der Waals surface area contributed by atoms with Crippen molar-refractivity contribution in [1.29, 1.82) is 0 Å². The number of thioether (sulfide) groups is 1. The minimum atomic E-state index is -1.73. The van der Waals surface area contributed by atoms with Gasteiger partial charge in [0.2, 0.25) is 5.91 Å². The van der Waals surface area contributed by atoms with E-state index in [1.165, 1.54) is 30.0 Å². The van der Waals surface area contributed by atoms with E-state index in [2.05, 4.69) is 0 Å². The summed E-state index contributed by atoms with van der Waals surface area (Å²) >= 11 is 1.42. The number of halogens is 1. The Labute approximate surface area is 198 Å². The zero-order chi connectivity index (χ0) is 24.6. The molecule has 9 nitrogen and oxygen atoms in total. The molecule has 0 aromatic heterocycles. The number of carbonyl (C=O) groups excluding carboxylic acids is 2. The normalized spacial score (nSPS) is 29.4. The van der Waals surface area contributed by atoms with Crippen molar-refractivity contribution in [2.75, 3.05) is 17.3 Å². The fraction of sp³-hybridized carbons (Fsp3) is 0.391. The molecule has 2 aliphatic heterocycles. The van der Waals surface area contributed by atoms with E-state index in [1.807, 2.05) is 0 Å². The lowest BCUT2D eigenvalue weighted by molar-refractivity contribution is -0.286. The van der Waals surface area contributed by atoms with Gasteiger partial charge in [-0.25, -0.2) is 9.18 Å². The predicted molar refractivity (Wildman–Crippen MR) is 119 cm³/mol. The summed E-state index contributed by atoms with van der Waals surface area (Å²) in [5.41, 5.74) is 2.21. The molecule has 2 saturated heterocycles. The molecule has 2 unspecified atom stereocenters. The first-order valence-electron chi connectivity index (χ1n) is 10.5. The third-order valence-electron chi connectivity index (χ3n) is 5.78. The number of aryl methyl sites for hydroxylation is 1. The van der Waals surface area contributed by atoms with Gasteiger partial charge in [0.1, 0.15) is 42.2 Å². The van der Waals surface area contributed by atoms with Crippen molar-refractivity contribution in [3.05, 3.63) is 65.0 Å². The second-order valence-corrected chi connectivity index (χ2v) is 9.18. The maximum absolute atomic E-state index is 13.3. The van der Waals surface area contributed by atoms with Crippen LogP contribution in [-0.4, -0.2) is 75.4 Å². The van der Waals surface area contributed by atoms with Gasteiger partial charge in [-0.15, -0.1) is 11.8 Å². The van der Waals surface area contributed by atoms with Gasteiger partial charge in [-0.05, 0) is 48.4 Å². The Morgan fingerprint density at radius 3 is 2.50 bits per heavy atom. The van der Waals surface area contributed by atoms with Crippen molar-refractivity contribution in [2.24, 2.45) is 0 Å². The molecule has 11 heteroatoms. The molecule has 2 heterocycles. The molecule has 0 spiro atoms. The van der Waals surface area contributed by atoms with Gasteiger partial charge in [0, 0.05) is 5.69 Å². The summed E-state index contributed by atoms with van der Waals surface area (Å²) in [4.78, 5) is 26.8. The highest BCUT2D eigenvalue weighted by atomic mass is 32.2. The molecule has 0 bridgehead atoms. The number of ether oxygens (including phenoxy) is 2. The lowest BCUT2D eigenvalue weighted by Gasteiger charge is -2.37. The number of esters is 1. The highest BCUT2D eigenvalue weighted by Crippen LogP contribution is 2.42. The van der Waals surface area contributed by atoms with Crippen molar-refractivity contribution in [1.82, 2.24) is 0 Å². The lowest BCUT2D eigenvalue weighted by Crippen LogP contribution is -2.58. The highest BCUT2D eigenvalue weighted by molar-refractivity contribution is 8.00. The fourth-order valence-corrected chi connectivity index (χ4v) is 5.09. The van der Waals surface area contributed by atoms with Crippen molar-refractivity contribution in [3.63, 3.8) is 0 Å². The van der Waals surface area contributed by atoms with E-state index in [-0.39, 0.29) is 28.4 Å². The number of aliphatic hydroxyl groups excluding tert-OH is 4. The topological polar surface area (TPSA) is 137 Å². The molecule has 2 aromatic rings. The Kier molecular flexibility index (Phi) is 7.22. The first-order chi connectivity index (χ1) is 16.2. The molecular weight excluding hydrogens is 469 g/mol. The van der Waals surface area contributed by atoms with Crippen LogP contribution < -0.4 is 4.90 Å². The van der Waals surface area contributed by atoms with Crippen LogP contribution in [0.15, 0.2) is 42.5 Å². The van der Waals surface area contributed by atoms with Crippen molar-refractivity contribution in [3.8, 4) is 0 Å². The second-order valence-electron chi connectivity index (χ2n) is 8.12. The molecule has 0 radical (unpaired) electrons. The standard InChI is InChI=1S/C23H24FNO8S/c1-11-8-13(22(30)32-9-16-18(27)19(28)20(29)23(31)33-16)4-7-15(11)25-17(26)10-34-21(25)12-2-5-14(24)6-3-12/h2-8,16,18-21,23,27-29,31H,9-10H2,1H3/t16-,18-,19+,20-,21?,23?/m1/s1. The van der Waals surface area contributed by atoms with Crippen LogP contribution in [0.25, 0.3) is 0 Å². The van der Waals surface area contributed by atoms with E-state index in [0.717, 1.165) is 5.56 Å². The summed E-state index contributed by atoms with van der Waals surface area (Å²) in [5.74, 6) is -0.949. The molecule has 4 N–H and O–H groups in total. The number of rotatable bonds is 5. The molecule has 1 amide bonds. The van der Waals surface area contributed by atoms with Gasteiger partial charge in [0.05, 0.1) is 11.3 Å². The summed E-state index contributed by atoms with van der Waals surface area (Å²) < 4.78 is 23.5. The summed E-state index contributed by atoms with van der Waals surface area (Å²) in [5, 5.41) is 38.5. The summed E-state index contributed by atoms with van der Waals surface area (Å²) in [6.07, 6.45) is -7.85. The summed E-state index contributed by atoms with van der Waals surface area (Å²) in [6, 6.07) is 10.6. The van der Waals surface area contributed by atoms with Gasteiger partial charge in [-0.3, -0.25) is 9.69 Å². The molecule has 2 aromatic carbocycles. The van der Waals surface area contributed by atoms with E-state index in [1.54, 1.807) is 36.1 Å². The zero-order valence-electron chi connectivity index (χ0n) is 18.1. The van der Waals surface area contributed by atoms with Crippen molar-refractivity contribution < 1.29 is 43.9 Å².